The fourth-order valence-electron chi connectivity index (χ4n) is 2.80. The second-order valence-corrected chi connectivity index (χ2v) is 6.76. The molecule has 0 unspecified atom stereocenters. The first-order valence-electron chi connectivity index (χ1n) is 7.86. The zero-order valence-corrected chi connectivity index (χ0v) is 15.6. The van der Waals surface area contributed by atoms with E-state index in [0.29, 0.717) is 6.04 Å². The van der Waals surface area contributed by atoms with Gasteiger partial charge in [-0.1, -0.05) is 11.2 Å². The van der Waals surface area contributed by atoms with Gasteiger partial charge in [0.1, 0.15) is 11.5 Å². The number of methoxy groups -OCH3 is 1. The third kappa shape index (κ3) is 4.30. The van der Waals surface area contributed by atoms with Gasteiger partial charge in [0.25, 0.3) is 0 Å². The van der Waals surface area contributed by atoms with Crippen LogP contribution in [0.25, 0.3) is 0 Å². The minimum atomic E-state index is 0.246. The van der Waals surface area contributed by atoms with Crippen molar-refractivity contribution >= 4 is 11.8 Å². The Morgan fingerprint density at radius 2 is 2.04 bits per heavy atom. The Bertz CT molecular complexity index is 635. The highest BCUT2D eigenvalue weighted by molar-refractivity contribution is 7.98. The molecule has 2 aromatic rings. The maximum atomic E-state index is 5.48. The molecule has 0 aliphatic heterocycles. The number of thioether (sulfide) groups is 1. The molecule has 126 valence electrons. The summed E-state index contributed by atoms with van der Waals surface area (Å²) >= 11 is 1.70. The molecule has 0 fully saturated rings. The summed E-state index contributed by atoms with van der Waals surface area (Å²) in [6, 6.07) is 6.97. The van der Waals surface area contributed by atoms with Gasteiger partial charge in [0, 0.05) is 22.5 Å². The van der Waals surface area contributed by atoms with E-state index >= 15 is 0 Å². The van der Waals surface area contributed by atoms with Crippen LogP contribution < -0.4 is 10.1 Å². The van der Waals surface area contributed by atoms with E-state index < -0.39 is 0 Å². The van der Waals surface area contributed by atoms with E-state index in [2.05, 4.69) is 48.8 Å². The average Bonchev–Trinajstić information content (AvgIpc) is 2.85. The molecule has 2 rings (SSSR count). The summed E-state index contributed by atoms with van der Waals surface area (Å²) in [5.74, 6) is 1.84. The Morgan fingerprint density at radius 3 is 2.61 bits per heavy atom. The van der Waals surface area contributed by atoms with Crippen molar-refractivity contribution in [2.24, 2.45) is 0 Å². The fourth-order valence-corrected chi connectivity index (χ4v) is 3.35. The van der Waals surface area contributed by atoms with E-state index in [9.17, 15) is 0 Å². The molecule has 0 saturated carbocycles. The molecule has 0 aliphatic rings. The second-order valence-electron chi connectivity index (χ2n) is 5.91. The third-order valence-corrected chi connectivity index (χ3v) is 4.91. The first kappa shape index (κ1) is 17.9. The SMILES string of the molecule is COc1cc([C@@H](C)N[C@@H](C)Cc2c(C)noc2C)ccc1SC. The van der Waals surface area contributed by atoms with Crippen molar-refractivity contribution in [2.45, 2.75) is 51.1 Å². The number of benzene rings is 1. The van der Waals surface area contributed by atoms with Crippen LogP contribution in [0.4, 0.5) is 0 Å². The molecular formula is C18H26N2O2S. The first-order chi connectivity index (χ1) is 11.0. The molecule has 0 saturated heterocycles. The lowest BCUT2D eigenvalue weighted by atomic mass is 10.0. The van der Waals surface area contributed by atoms with E-state index in [4.69, 9.17) is 9.26 Å². The quantitative estimate of drug-likeness (QED) is 0.765. The van der Waals surface area contributed by atoms with Crippen LogP contribution in [-0.2, 0) is 6.42 Å². The lowest BCUT2D eigenvalue weighted by Gasteiger charge is -2.21. The molecule has 23 heavy (non-hydrogen) atoms. The predicted molar refractivity (Wildman–Crippen MR) is 95.5 cm³/mol. The summed E-state index contributed by atoms with van der Waals surface area (Å²) in [7, 11) is 1.72. The molecule has 5 heteroatoms. The average molecular weight is 334 g/mol. The maximum absolute atomic E-state index is 5.48. The van der Waals surface area contributed by atoms with Gasteiger partial charge in [0.05, 0.1) is 12.8 Å². The van der Waals surface area contributed by atoms with Gasteiger partial charge in [-0.15, -0.1) is 11.8 Å². The van der Waals surface area contributed by atoms with E-state index in [1.807, 2.05) is 13.8 Å². The van der Waals surface area contributed by atoms with Crippen LogP contribution in [0, 0.1) is 13.8 Å². The molecule has 0 spiro atoms. The molecule has 1 heterocycles. The van der Waals surface area contributed by atoms with Gasteiger partial charge >= 0.3 is 0 Å². The van der Waals surface area contributed by atoms with Crippen LogP contribution in [0.2, 0.25) is 0 Å². The molecule has 0 radical (unpaired) electrons. The molecule has 0 aliphatic carbocycles. The lowest BCUT2D eigenvalue weighted by molar-refractivity contribution is 0.391. The van der Waals surface area contributed by atoms with Crippen LogP contribution in [-0.4, -0.2) is 24.6 Å². The molecule has 1 aromatic carbocycles. The smallest absolute Gasteiger partial charge is 0.137 e. The van der Waals surface area contributed by atoms with Gasteiger partial charge in [-0.3, -0.25) is 0 Å². The van der Waals surface area contributed by atoms with E-state index in [1.165, 1.54) is 11.1 Å². The first-order valence-corrected chi connectivity index (χ1v) is 9.08. The Hall–Kier alpha value is -1.46. The summed E-state index contributed by atoms with van der Waals surface area (Å²) in [4.78, 5) is 1.16. The van der Waals surface area contributed by atoms with E-state index in [1.54, 1.807) is 18.9 Å². The Labute approximate surface area is 143 Å². The van der Waals surface area contributed by atoms with Gasteiger partial charge in [-0.05, 0) is 58.1 Å². The van der Waals surface area contributed by atoms with E-state index in [0.717, 1.165) is 28.5 Å². The number of aryl methyl sites for hydroxylation is 2. The molecule has 2 atom stereocenters. The lowest BCUT2D eigenvalue weighted by Crippen LogP contribution is -2.31. The molecular weight excluding hydrogens is 308 g/mol. The van der Waals surface area contributed by atoms with Gasteiger partial charge < -0.3 is 14.6 Å². The molecule has 0 bridgehead atoms. The summed E-state index contributed by atoms with van der Waals surface area (Å²) in [6.07, 6.45) is 2.97. The number of aromatic nitrogens is 1. The van der Waals surface area contributed by atoms with Gasteiger partial charge in [-0.2, -0.15) is 0 Å². The van der Waals surface area contributed by atoms with Crippen molar-refractivity contribution in [2.75, 3.05) is 13.4 Å². The van der Waals surface area contributed by atoms with E-state index in [-0.39, 0.29) is 6.04 Å². The van der Waals surface area contributed by atoms with Crippen molar-refractivity contribution in [1.82, 2.24) is 10.5 Å². The normalized spacial score (nSPS) is 13.8. The highest BCUT2D eigenvalue weighted by Crippen LogP contribution is 2.30. The van der Waals surface area contributed by atoms with Crippen LogP contribution in [0.1, 0.15) is 42.5 Å². The molecule has 1 aromatic heterocycles. The zero-order valence-electron chi connectivity index (χ0n) is 14.8. The summed E-state index contributed by atoms with van der Waals surface area (Å²) < 4.78 is 10.7. The highest BCUT2D eigenvalue weighted by Gasteiger charge is 2.16. The largest absolute Gasteiger partial charge is 0.496 e. The van der Waals surface area contributed by atoms with Crippen LogP contribution in [0.5, 0.6) is 5.75 Å². The van der Waals surface area contributed by atoms with Gasteiger partial charge in [-0.25, -0.2) is 0 Å². The number of nitrogens with one attached hydrogen (secondary N) is 1. The standard InChI is InChI=1S/C18H26N2O2S/c1-11(9-16-13(3)20-22-14(16)4)19-12(2)15-7-8-18(23-6)17(10-15)21-5/h7-8,10-12,19H,9H2,1-6H3/t11-,12+/m0/s1. The summed E-state index contributed by atoms with van der Waals surface area (Å²) in [5.41, 5.74) is 3.41. The van der Waals surface area contributed by atoms with Crippen molar-refractivity contribution in [1.29, 1.82) is 0 Å². The number of rotatable bonds is 7. The van der Waals surface area contributed by atoms with Crippen molar-refractivity contribution in [3.63, 3.8) is 0 Å². The topological polar surface area (TPSA) is 47.3 Å². The number of hydrogen-bond donors (Lipinski definition) is 1. The Kier molecular flexibility index (Phi) is 6.13. The minimum absolute atomic E-state index is 0.246. The van der Waals surface area contributed by atoms with Gasteiger partial charge in [0.15, 0.2) is 0 Å². The summed E-state index contributed by atoms with van der Waals surface area (Å²) in [5, 5.41) is 7.67. The van der Waals surface area contributed by atoms with Gasteiger partial charge in [0.2, 0.25) is 0 Å². The zero-order chi connectivity index (χ0) is 17.0. The molecule has 0 amide bonds. The molecule has 1 N–H and O–H groups in total. The van der Waals surface area contributed by atoms with Crippen LogP contribution in [0.15, 0.2) is 27.6 Å². The predicted octanol–water partition coefficient (Wildman–Crippen LogP) is 4.30. The Balaban J connectivity index is 2.05. The van der Waals surface area contributed by atoms with Crippen LogP contribution >= 0.6 is 11.8 Å². The number of nitrogens with zero attached hydrogens (tertiary/aromatic N) is 1. The van der Waals surface area contributed by atoms with Crippen molar-refractivity contribution in [3.05, 3.63) is 40.8 Å². The monoisotopic (exact) mass is 334 g/mol. The highest BCUT2D eigenvalue weighted by atomic mass is 32.2. The van der Waals surface area contributed by atoms with Crippen LogP contribution in [0.3, 0.4) is 0 Å². The van der Waals surface area contributed by atoms with Crippen molar-refractivity contribution < 1.29 is 9.26 Å². The number of hydrogen-bond acceptors (Lipinski definition) is 5. The second kappa shape index (κ2) is 7.88. The summed E-state index contributed by atoms with van der Waals surface area (Å²) in [6.45, 7) is 8.33. The third-order valence-electron chi connectivity index (χ3n) is 4.13. The minimum Gasteiger partial charge on any atom is -0.496 e. The molecule has 4 nitrogen and oxygen atoms in total. The maximum Gasteiger partial charge on any atom is 0.137 e. The Morgan fingerprint density at radius 1 is 1.30 bits per heavy atom. The fraction of sp³-hybridized carbons (Fsp3) is 0.500. The number of ether oxygens (including phenoxy) is 1. The van der Waals surface area contributed by atoms with Crippen molar-refractivity contribution in [3.8, 4) is 5.75 Å².